The molecule has 1 heterocycles. The predicted octanol–water partition coefficient (Wildman–Crippen LogP) is 2.75. The molecule has 0 spiro atoms. The van der Waals surface area contributed by atoms with Crippen LogP contribution in [0.25, 0.3) is 0 Å². The third-order valence-corrected chi connectivity index (χ3v) is 6.26. The van der Waals surface area contributed by atoms with E-state index < -0.39 is 22.0 Å². The van der Waals surface area contributed by atoms with Gasteiger partial charge in [-0.15, -0.1) is 0 Å². The minimum Gasteiger partial charge on any atom is -0.459 e. The molecule has 0 radical (unpaired) electrons. The van der Waals surface area contributed by atoms with Gasteiger partial charge in [-0.1, -0.05) is 50.6 Å². The number of nitrogens with zero attached hydrogens (tertiary/aromatic N) is 2. The highest BCUT2D eigenvalue weighted by Crippen LogP contribution is 2.24. The lowest BCUT2D eigenvalue weighted by atomic mass is 9.99. The highest BCUT2D eigenvalue weighted by Gasteiger charge is 2.33. The summed E-state index contributed by atoms with van der Waals surface area (Å²) in [5, 5.41) is 9.17. The zero-order valence-corrected chi connectivity index (χ0v) is 16.9. The fourth-order valence-electron chi connectivity index (χ4n) is 2.99. The first-order valence-corrected chi connectivity index (χ1v) is 10.7. The van der Waals surface area contributed by atoms with Crippen LogP contribution in [0, 0.1) is 17.2 Å². The van der Waals surface area contributed by atoms with Crippen molar-refractivity contribution in [3.8, 4) is 6.07 Å². The quantitative estimate of drug-likeness (QED) is 0.735. The SMILES string of the molecule is CC[C@H](C)[C@H](N=C1NS(=O)(=O)c2ccccc21)C(=O)OCc1ccccc1C#N. The molecule has 1 aliphatic rings. The number of rotatable bonds is 6. The van der Waals surface area contributed by atoms with E-state index in [1.54, 1.807) is 42.5 Å². The number of carbonyl (C=O) groups excluding carboxylic acids is 1. The van der Waals surface area contributed by atoms with E-state index in [9.17, 15) is 18.5 Å². The summed E-state index contributed by atoms with van der Waals surface area (Å²) in [6.07, 6.45) is 0.653. The molecule has 2 aromatic carbocycles. The molecule has 0 saturated heterocycles. The van der Waals surface area contributed by atoms with Crippen LogP contribution in [0.5, 0.6) is 0 Å². The molecule has 0 aliphatic carbocycles. The van der Waals surface area contributed by atoms with Crippen LogP contribution < -0.4 is 4.72 Å². The molecule has 8 heteroatoms. The van der Waals surface area contributed by atoms with Gasteiger partial charge in [-0.25, -0.2) is 13.2 Å². The van der Waals surface area contributed by atoms with Gasteiger partial charge in [-0.05, 0) is 24.1 Å². The van der Waals surface area contributed by atoms with Crippen molar-refractivity contribution in [2.75, 3.05) is 0 Å². The van der Waals surface area contributed by atoms with Crippen molar-refractivity contribution in [2.45, 2.75) is 37.8 Å². The lowest BCUT2D eigenvalue weighted by molar-refractivity contribution is -0.147. The van der Waals surface area contributed by atoms with E-state index in [0.717, 1.165) is 0 Å². The molecule has 0 unspecified atom stereocenters. The molecule has 0 fully saturated rings. The number of nitriles is 1. The van der Waals surface area contributed by atoms with E-state index in [-0.39, 0.29) is 23.3 Å². The first-order valence-electron chi connectivity index (χ1n) is 9.22. The molecule has 3 rings (SSSR count). The van der Waals surface area contributed by atoms with Gasteiger partial charge in [0.25, 0.3) is 10.0 Å². The van der Waals surface area contributed by atoms with Crippen molar-refractivity contribution in [1.29, 1.82) is 5.26 Å². The number of fused-ring (bicyclic) bond motifs is 1. The van der Waals surface area contributed by atoms with Crippen molar-refractivity contribution >= 4 is 21.8 Å². The van der Waals surface area contributed by atoms with Crippen molar-refractivity contribution in [2.24, 2.45) is 10.9 Å². The standard InChI is InChI=1S/C21H21N3O4S/c1-3-14(2)19(21(25)28-13-16-9-5-4-8-15(16)12-22)23-20-17-10-6-7-11-18(17)29(26,27)24-20/h4-11,14,19H,3,13H2,1-2H3,(H,23,24)/t14-,19-/m0/s1. The van der Waals surface area contributed by atoms with Gasteiger partial charge in [0.05, 0.1) is 16.5 Å². The summed E-state index contributed by atoms with van der Waals surface area (Å²) < 4.78 is 32.4. The van der Waals surface area contributed by atoms with E-state index in [0.29, 0.717) is 23.1 Å². The van der Waals surface area contributed by atoms with Crippen molar-refractivity contribution in [3.63, 3.8) is 0 Å². The van der Waals surface area contributed by atoms with E-state index in [2.05, 4.69) is 15.8 Å². The Bertz CT molecular complexity index is 1100. The highest BCUT2D eigenvalue weighted by atomic mass is 32.2. The number of ether oxygens (including phenoxy) is 1. The largest absolute Gasteiger partial charge is 0.459 e. The fourth-order valence-corrected chi connectivity index (χ4v) is 4.23. The summed E-state index contributed by atoms with van der Waals surface area (Å²) in [6, 6.07) is 14.6. The third kappa shape index (κ3) is 4.30. The van der Waals surface area contributed by atoms with Crippen LogP contribution in [-0.4, -0.2) is 26.3 Å². The van der Waals surface area contributed by atoms with Crippen molar-refractivity contribution in [3.05, 3.63) is 65.2 Å². The molecule has 1 N–H and O–H groups in total. The number of nitrogens with one attached hydrogen (secondary N) is 1. The number of hydrogen-bond donors (Lipinski definition) is 1. The maximum atomic E-state index is 12.8. The van der Waals surface area contributed by atoms with E-state index in [1.807, 2.05) is 13.8 Å². The Hall–Kier alpha value is -3.18. The highest BCUT2D eigenvalue weighted by molar-refractivity contribution is 7.90. The second kappa shape index (κ2) is 8.45. The van der Waals surface area contributed by atoms with Gasteiger partial charge in [-0.2, -0.15) is 5.26 Å². The van der Waals surface area contributed by atoms with Crippen LogP contribution in [0.15, 0.2) is 58.4 Å². The third-order valence-electron chi connectivity index (χ3n) is 4.86. The van der Waals surface area contributed by atoms with Crippen LogP contribution in [0.3, 0.4) is 0 Å². The predicted molar refractivity (Wildman–Crippen MR) is 107 cm³/mol. The molecule has 150 valence electrons. The summed E-state index contributed by atoms with van der Waals surface area (Å²) >= 11 is 0. The smallest absolute Gasteiger partial charge is 0.331 e. The average molecular weight is 411 g/mol. The Morgan fingerprint density at radius 2 is 1.90 bits per heavy atom. The summed E-state index contributed by atoms with van der Waals surface area (Å²) in [5.74, 6) is -0.595. The molecule has 0 saturated carbocycles. The number of sulfonamides is 1. The summed E-state index contributed by atoms with van der Waals surface area (Å²) in [6.45, 7) is 3.72. The first-order chi connectivity index (χ1) is 13.9. The van der Waals surface area contributed by atoms with Gasteiger partial charge < -0.3 is 4.74 Å². The lowest BCUT2D eigenvalue weighted by Gasteiger charge is -2.19. The number of benzene rings is 2. The minimum atomic E-state index is -3.69. The minimum absolute atomic E-state index is 0.0529. The number of hydrogen-bond acceptors (Lipinski definition) is 6. The normalized spacial score (nSPS) is 17.6. The Morgan fingerprint density at radius 3 is 2.62 bits per heavy atom. The molecule has 2 atom stereocenters. The van der Waals surface area contributed by atoms with E-state index in [4.69, 9.17) is 4.74 Å². The Balaban J connectivity index is 1.87. The Kier molecular flexibility index (Phi) is 5.99. The second-order valence-corrected chi connectivity index (χ2v) is 8.44. The monoisotopic (exact) mass is 411 g/mol. The Labute approximate surface area is 170 Å². The second-order valence-electron chi connectivity index (χ2n) is 6.79. The molecule has 0 amide bonds. The molecular formula is C21H21N3O4S. The molecule has 0 bridgehead atoms. The fraction of sp³-hybridized carbons (Fsp3) is 0.286. The van der Waals surface area contributed by atoms with Crippen LogP contribution in [0.4, 0.5) is 0 Å². The van der Waals surface area contributed by atoms with Gasteiger partial charge in [0.1, 0.15) is 12.4 Å². The maximum absolute atomic E-state index is 12.8. The average Bonchev–Trinajstić information content (AvgIpc) is 3.00. The van der Waals surface area contributed by atoms with Gasteiger partial charge in [-0.3, -0.25) is 9.71 Å². The van der Waals surface area contributed by atoms with Gasteiger partial charge >= 0.3 is 5.97 Å². The number of aliphatic imine (C=N–C) groups is 1. The molecule has 0 aromatic heterocycles. The van der Waals surface area contributed by atoms with Crippen LogP contribution in [0.2, 0.25) is 0 Å². The van der Waals surface area contributed by atoms with Crippen molar-refractivity contribution < 1.29 is 17.9 Å². The zero-order chi connectivity index (χ0) is 21.0. The molecular weight excluding hydrogens is 390 g/mol. The number of amidine groups is 1. The zero-order valence-electron chi connectivity index (χ0n) is 16.1. The molecule has 7 nitrogen and oxygen atoms in total. The van der Waals surface area contributed by atoms with Crippen LogP contribution in [-0.2, 0) is 26.2 Å². The van der Waals surface area contributed by atoms with Crippen LogP contribution in [0.1, 0.15) is 37.0 Å². The van der Waals surface area contributed by atoms with Gasteiger partial charge in [0.2, 0.25) is 0 Å². The van der Waals surface area contributed by atoms with Gasteiger partial charge in [0.15, 0.2) is 6.04 Å². The summed E-state index contributed by atoms with van der Waals surface area (Å²) in [4.78, 5) is 17.4. The van der Waals surface area contributed by atoms with Crippen molar-refractivity contribution in [1.82, 2.24) is 4.72 Å². The number of esters is 1. The van der Waals surface area contributed by atoms with Gasteiger partial charge in [0, 0.05) is 11.1 Å². The molecule has 2 aromatic rings. The Morgan fingerprint density at radius 1 is 1.21 bits per heavy atom. The molecule has 1 aliphatic heterocycles. The van der Waals surface area contributed by atoms with E-state index >= 15 is 0 Å². The first kappa shape index (κ1) is 20.6. The lowest BCUT2D eigenvalue weighted by Crippen LogP contribution is -2.32. The maximum Gasteiger partial charge on any atom is 0.331 e. The molecule has 29 heavy (non-hydrogen) atoms. The van der Waals surface area contributed by atoms with Crippen LogP contribution >= 0.6 is 0 Å². The van der Waals surface area contributed by atoms with E-state index in [1.165, 1.54) is 6.07 Å². The number of carbonyl (C=O) groups is 1. The summed E-state index contributed by atoms with van der Waals surface area (Å²) in [5.41, 5.74) is 1.47. The summed E-state index contributed by atoms with van der Waals surface area (Å²) in [7, 11) is -3.69. The topological polar surface area (TPSA) is 109 Å².